The Morgan fingerprint density at radius 1 is 1.12 bits per heavy atom. The van der Waals surface area contributed by atoms with Gasteiger partial charge in [-0.25, -0.2) is 8.42 Å². The molecule has 2 N–H and O–H groups in total. The Morgan fingerprint density at radius 3 is 2.50 bits per heavy atom. The highest BCUT2D eigenvalue weighted by atomic mass is 35.5. The van der Waals surface area contributed by atoms with Crippen LogP contribution in [0.15, 0.2) is 42.6 Å². The van der Waals surface area contributed by atoms with Crippen LogP contribution in [0.1, 0.15) is 27.3 Å². The molecule has 1 unspecified atom stereocenters. The van der Waals surface area contributed by atoms with Crippen molar-refractivity contribution in [2.45, 2.75) is 12.5 Å². The van der Waals surface area contributed by atoms with Crippen molar-refractivity contribution in [2.75, 3.05) is 16.8 Å². The Balaban J connectivity index is 1.68. The van der Waals surface area contributed by atoms with Gasteiger partial charge in [0.25, 0.3) is 11.8 Å². The minimum atomic E-state index is -3.09. The van der Waals surface area contributed by atoms with Crippen molar-refractivity contribution >= 4 is 38.9 Å². The zero-order valence-electron chi connectivity index (χ0n) is 13.6. The minimum absolute atomic E-state index is 0.0538. The van der Waals surface area contributed by atoms with Gasteiger partial charge in [0.05, 0.1) is 11.5 Å². The first-order chi connectivity index (χ1) is 12.3. The number of hydrogen-bond acceptors (Lipinski definition) is 5. The average molecular weight is 394 g/mol. The van der Waals surface area contributed by atoms with E-state index in [-0.39, 0.29) is 22.8 Å². The fourth-order valence-electron chi connectivity index (χ4n) is 2.60. The Hall–Kier alpha value is -2.45. The highest BCUT2D eigenvalue weighted by Gasteiger charge is 2.29. The molecule has 0 radical (unpaired) electrons. The van der Waals surface area contributed by atoms with E-state index in [1.165, 1.54) is 18.3 Å². The predicted octanol–water partition coefficient (Wildman–Crippen LogP) is 1.90. The van der Waals surface area contributed by atoms with Crippen molar-refractivity contribution in [2.24, 2.45) is 0 Å². The van der Waals surface area contributed by atoms with Crippen LogP contribution in [0.25, 0.3) is 0 Å². The summed E-state index contributed by atoms with van der Waals surface area (Å²) in [5.74, 6) is -0.912. The molecular formula is C17H16ClN3O4S. The molecule has 1 aromatic carbocycles. The maximum absolute atomic E-state index is 12.3. The summed E-state index contributed by atoms with van der Waals surface area (Å²) in [6, 6.07) is 9.05. The van der Waals surface area contributed by atoms with Crippen molar-refractivity contribution in [3.05, 3.63) is 58.9 Å². The zero-order chi connectivity index (χ0) is 18.7. The van der Waals surface area contributed by atoms with Crippen molar-refractivity contribution < 1.29 is 18.0 Å². The highest BCUT2D eigenvalue weighted by Crippen LogP contribution is 2.15. The first kappa shape index (κ1) is 18.3. The normalized spacial score (nSPS) is 18.3. The number of nitrogens with zero attached hydrogens (tertiary/aromatic N) is 1. The second-order valence-electron chi connectivity index (χ2n) is 5.96. The molecule has 9 heteroatoms. The number of aromatic nitrogens is 1. The third-order valence-electron chi connectivity index (χ3n) is 3.92. The Bertz CT molecular complexity index is 945. The summed E-state index contributed by atoms with van der Waals surface area (Å²) in [6.45, 7) is 0. The molecule has 136 valence electrons. The zero-order valence-corrected chi connectivity index (χ0v) is 15.2. The lowest BCUT2D eigenvalue weighted by atomic mass is 10.2. The molecule has 1 atom stereocenters. The molecule has 0 bridgehead atoms. The number of amides is 2. The van der Waals surface area contributed by atoms with Crippen LogP contribution in [0.5, 0.6) is 0 Å². The van der Waals surface area contributed by atoms with E-state index in [9.17, 15) is 18.0 Å². The summed E-state index contributed by atoms with van der Waals surface area (Å²) in [7, 11) is -3.09. The third-order valence-corrected chi connectivity index (χ3v) is 5.94. The molecule has 7 nitrogen and oxygen atoms in total. The molecule has 1 aliphatic heterocycles. The standard InChI is InChI=1S/C17H16ClN3O4S/c18-12-1-3-13(4-2-12)20-16(22)11-5-7-19-15(9-11)17(23)21-14-6-8-26(24,25)10-14/h1-5,7,9,14H,6,8,10H2,(H,20,22)(H,21,23). The average Bonchev–Trinajstić information content (AvgIpc) is 2.95. The number of nitrogens with one attached hydrogen (secondary N) is 2. The predicted molar refractivity (Wildman–Crippen MR) is 98.2 cm³/mol. The number of anilines is 1. The van der Waals surface area contributed by atoms with Crippen molar-refractivity contribution in [1.82, 2.24) is 10.3 Å². The number of halogens is 1. The molecular weight excluding hydrogens is 378 g/mol. The molecule has 0 spiro atoms. The van der Waals surface area contributed by atoms with Crippen LogP contribution < -0.4 is 10.6 Å². The first-order valence-corrected chi connectivity index (χ1v) is 10.1. The minimum Gasteiger partial charge on any atom is -0.347 e. The Labute approximate surface area is 155 Å². The molecule has 2 aromatic rings. The monoisotopic (exact) mass is 393 g/mol. The quantitative estimate of drug-likeness (QED) is 0.825. The molecule has 3 rings (SSSR count). The number of pyridine rings is 1. The lowest BCUT2D eigenvalue weighted by Crippen LogP contribution is -2.36. The molecule has 0 saturated carbocycles. The van der Waals surface area contributed by atoms with Gasteiger partial charge < -0.3 is 10.6 Å². The highest BCUT2D eigenvalue weighted by molar-refractivity contribution is 7.91. The van der Waals surface area contributed by atoms with Gasteiger partial charge in [0.15, 0.2) is 9.84 Å². The van der Waals surface area contributed by atoms with Gasteiger partial charge in [-0.05, 0) is 42.8 Å². The largest absolute Gasteiger partial charge is 0.347 e. The number of sulfone groups is 1. The fraction of sp³-hybridized carbons (Fsp3) is 0.235. The fourth-order valence-corrected chi connectivity index (χ4v) is 4.40. The summed E-state index contributed by atoms with van der Waals surface area (Å²) >= 11 is 5.81. The summed E-state index contributed by atoms with van der Waals surface area (Å²) in [4.78, 5) is 28.5. The first-order valence-electron chi connectivity index (χ1n) is 7.87. The summed E-state index contributed by atoms with van der Waals surface area (Å²) < 4.78 is 22.9. The van der Waals surface area contributed by atoms with E-state index in [2.05, 4.69) is 15.6 Å². The van der Waals surface area contributed by atoms with Crippen LogP contribution in [0.2, 0.25) is 5.02 Å². The lowest BCUT2D eigenvalue weighted by molar-refractivity contribution is 0.0936. The van der Waals surface area contributed by atoms with Crippen LogP contribution in [0.3, 0.4) is 0 Å². The van der Waals surface area contributed by atoms with Crippen LogP contribution >= 0.6 is 11.6 Å². The van der Waals surface area contributed by atoms with E-state index >= 15 is 0 Å². The number of carbonyl (C=O) groups excluding carboxylic acids is 2. The molecule has 2 amide bonds. The maximum Gasteiger partial charge on any atom is 0.270 e. The second kappa shape index (κ2) is 7.43. The molecule has 1 fully saturated rings. The molecule has 1 aliphatic rings. The van der Waals surface area contributed by atoms with Crippen LogP contribution in [0.4, 0.5) is 5.69 Å². The van der Waals surface area contributed by atoms with E-state index in [4.69, 9.17) is 11.6 Å². The third kappa shape index (κ3) is 4.59. The van der Waals surface area contributed by atoms with Gasteiger partial charge >= 0.3 is 0 Å². The van der Waals surface area contributed by atoms with Gasteiger partial charge in [-0.1, -0.05) is 11.6 Å². The van der Waals surface area contributed by atoms with Crippen molar-refractivity contribution in [1.29, 1.82) is 0 Å². The summed E-state index contributed by atoms with van der Waals surface area (Å²) in [5.41, 5.74) is 0.885. The van der Waals surface area contributed by atoms with E-state index in [0.29, 0.717) is 17.1 Å². The summed E-state index contributed by atoms with van der Waals surface area (Å²) in [5, 5.41) is 5.90. The molecule has 1 aromatic heterocycles. The van der Waals surface area contributed by atoms with Gasteiger partial charge in [-0.15, -0.1) is 0 Å². The SMILES string of the molecule is O=C(Nc1ccc(Cl)cc1)c1ccnc(C(=O)NC2CCS(=O)(=O)C2)c1. The Morgan fingerprint density at radius 2 is 1.85 bits per heavy atom. The van der Waals surface area contributed by atoms with Crippen molar-refractivity contribution in [3.63, 3.8) is 0 Å². The Kier molecular flexibility index (Phi) is 5.24. The van der Waals surface area contributed by atoms with Gasteiger partial charge in [0, 0.05) is 28.5 Å². The van der Waals surface area contributed by atoms with Gasteiger partial charge in [0.2, 0.25) is 0 Å². The van der Waals surface area contributed by atoms with E-state index < -0.39 is 27.7 Å². The lowest BCUT2D eigenvalue weighted by Gasteiger charge is -2.11. The number of benzene rings is 1. The van der Waals surface area contributed by atoms with Crippen LogP contribution in [-0.4, -0.2) is 42.8 Å². The molecule has 1 saturated heterocycles. The van der Waals surface area contributed by atoms with E-state index in [1.54, 1.807) is 24.3 Å². The van der Waals surface area contributed by atoms with Crippen LogP contribution in [-0.2, 0) is 9.84 Å². The summed E-state index contributed by atoms with van der Waals surface area (Å²) in [6.07, 6.45) is 1.74. The topological polar surface area (TPSA) is 105 Å². The second-order valence-corrected chi connectivity index (χ2v) is 8.63. The molecule has 0 aliphatic carbocycles. The number of carbonyl (C=O) groups is 2. The van der Waals surface area contributed by atoms with Gasteiger partial charge in [-0.2, -0.15) is 0 Å². The maximum atomic E-state index is 12.3. The molecule has 26 heavy (non-hydrogen) atoms. The van der Waals surface area contributed by atoms with Crippen LogP contribution in [0, 0.1) is 0 Å². The van der Waals surface area contributed by atoms with Crippen molar-refractivity contribution in [3.8, 4) is 0 Å². The van der Waals surface area contributed by atoms with Gasteiger partial charge in [0.1, 0.15) is 5.69 Å². The smallest absolute Gasteiger partial charge is 0.270 e. The van der Waals surface area contributed by atoms with Gasteiger partial charge in [-0.3, -0.25) is 14.6 Å². The van der Waals surface area contributed by atoms with E-state index in [0.717, 1.165) is 0 Å². The molecule has 2 heterocycles. The van der Waals surface area contributed by atoms with E-state index in [1.807, 2.05) is 0 Å². The number of rotatable bonds is 4. The number of hydrogen-bond donors (Lipinski definition) is 2.